The maximum Gasteiger partial charge on any atom is 0.123 e. The van der Waals surface area contributed by atoms with Crippen molar-refractivity contribution in [2.24, 2.45) is 5.92 Å². The molecule has 1 aliphatic rings. The van der Waals surface area contributed by atoms with Crippen molar-refractivity contribution in [3.8, 4) is 0 Å². The summed E-state index contributed by atoms with van der Waals surface area (Å²) in [6.07, 6.45) is 6.73. The lowest BCUT2D eigenvalue weighted by Gasteiger charge is -2.42. The number of likely N-dealkylation sites (N-methyl/N-ethyl adjacent to an activating group) is 1. The van der Waals surface area contributed by atoms with Crippen molar-refractivity contribution in [3.63, 3.8) is 0 Å². The number of rotatable bonds is 5. The number of benzene rings is 1. The highest BCUT2D eigenvalue weighted by Crippen LogP contribution is 2.37. The lowest BCUT2D eigenvalue weighted by molar-refractivity contribution is 0.199. The molecular formula is C18H28FN. The van der Waals surface area contributed by atoms with E-state index in [2.05, 4.69) is 26.1 Å². The van der Waals surface area contributed by atoms with Gasteiger partial charge in [0.25, 0.3) is 0 Å². The molecule has 1 unspecified atom stereocenters. The molecule has 1 saturated carbocycles. The molecular weight excluding hydrogens is 249 g/mol. The number of nitrogens with one attached hydrogen (secondary N) is 1. The third kappa shape index (κ3) is 3.41. The van der Waals surface area contributed by atoms with Gasteiger partial charge in [-0.3, -0.25) is 0 Å². The van der Waals surface area contributed by atoms with Crippen molar-refractivity contribution < 1.29 is 4.39 Å². The van der Waals surface area contributed by atoms with Gasteiger partial charge in [-0.1, -0.05) is 52.2 Å². The maximum atomic E-state index is 13.2. The first-order valence-corrected chi connectivity index (χ1v) is 8.05. The van der Waals surface area contributed by atoms with Crippen LogP contribution in [0.3, 0.4) is 0 Å². The fraction of sp³-hybridized carbons (Fsp3) is 0.667. The van der Waals surface area contributed by atoms with Crippen molar-refractivity contribution in [2.75, 3.05) is 6.54 Å². The van der Waals surface area contributed by atoms with Crippen LogP contribution in [0.25, 0.3) is 0 Å². The van der Waals surface area contributed by atoms with Crippen LogP contribution >= 0.6 is 0 Å². The first-order valence-electron chi connectivity index (χ1n) is 8.05. The van der Waals surface area contributed by atoms with Crippen molar-refractivity contribution in [1.82, 2.24) is 5.32 Å². The fourth-order valence-corrected chi connectivity index (χ4v) is 3.76. The number of hydrogen-bond acceptors (Lipinski definition) is 1. The van der Waals surface area contributed by atoms with Crippen LogP contribution in [-0.4, -0.2) is 12.6 Å². The van der Waals surface area contributed by atoms with Gasteiger partial charge in [0.2, 0.25) is 0 Å². The van der Waals surface area contributed by atoms with Crippen molar-refractivity contribution in [3.05, 3.63) is 35.6 Å². The summed E-state index contributed by atoms with van der Waals surface area (Å²) in [6.45, 7) is 7.76. The van der Waals surface area contributed by atoms with Crippen molar-refractivity contribution in [1.29, 1.82) is 0 Å². The van der Waals surface area contributed by atoms with E-state index in [-0.39, 0.29) is 11.2 Å². The Balaban J connectivity index is 2.23. The second kappa shape index (κ2) is 6.71. The van der Waals surface area contributed by atoms with E-state index in [9.17, 15) is 4.39 Å². The molecule has 2 rings (SSSR count). The molecule has 0 radical (unpaired) electrons. The normalized spacial score (nSPS) is 19.0. The Morgan fingerprint density at radius 3 is 2.30 bits per heavy atom. The number of halogens is 1. The first-order chi connectivity index (χ1) is 9.55. The number of hydrogen-bond donors (Lipinski definition) is 1. The van der Waals surface area contributed by atoms with Gasteiger partial charge in [-0.2, -0.15) is 0 Å². The van der Waals surface area contributed by atoms with Crippen LogP contribution in [-0.2, 0) is 5.41 Å². The average Bonchev–Trinajstić information content (AvgIpc) is 2.46. The van der Waals surface area contributed by atoms with E-state index in [4.69, 9.17) is 0 Å². The highest BCUT2D eigenvalue weighted by atomic mass is 19.1. The van der Waals surface area contributed by atoms with Gasteiger partial charge in [0.15, 0.2) is 0 Å². The Kier molecular flexibility index (Phi) is 5.20. The zero-order valence-corrected chi connectivity index (χ0v) is 13.1. The zero-order chi connectivity index (χ0) is 14.6. The van der Waals surface area contributed by atoms with E-state index in [1.165, 1.54) is 37.7 Å². The summed E-state index contributed by atoms with van der Waals surface area (Å²) in [5.74, 6) is 0.589. The summed E-state index contributed by atoms with van der Waals surface area (Å²) in [4.78, 5) is 0. The molecule has 0 spiro atoms. The van der Waals surface area contributed by atoms with Crippen molar-refractivity contribution >= 4 is 0 Å². The van der Waals surface area contributed by atoms with Crippen LogP contribution in [0, 0.1) is 11.7 Å². The van der Waals surface area contributed by atoms with Crippen molar-refractivity contribution in [2.45, 2.75) is 64.3 Å². The molecule has 0 aromatic heterocycles. The van der Waals surface area contributed by atoms with Gasteiger partial charge in [0.05, 0.1) is 0 Å². The molecule has 1 atom stereocenters. The Morgan fingerprint density at radius 1 is 1.15 bits per heavy atom. The molecule has 20 heavy (non-hydrogen) atoms. The molecule has 0 aliphatic heterocycles. The fourth-order valence-electron chi connectivity index (χ4n) is 3.76. The topological polar surface area (TPSA) is 12.0 Å². The summed E-state index contributed by atoms with van der Waals surface area (Å²) in [5, 5.41) is 3.71. The van der Waals surface area contributed by atoms with E-state index in [1.54, 1.807) is 12.1 Å². The van der Waals surface area contributed by atoms with Gasteiger partial charge >= 0.3 is 0 Å². The average molecular weight is 277 g/mol. The van der Waals surface area contributed by atoms with Gasteiger partial charge in [-0.15, -0.1) is 0 Å². The summed E-state index contributed by atoms with van der Waals surface area (Å²) >= 11 is 0. The quantitative estimate of drug-likeness (QED) is 0.825. The van der Waals surface area contributed by atoms with E-state index in [0.717, 1.165) is 12.5 Å². The molecule has 0 bridgehead atoms. The Morgan fingerprint density at radius 2 is 1.75 bits per heavy atom. The molecule has 1 aliphatic carbocycles. The standard InChI is InChI=1S/C18H28FN/c1-4-20-17(14-8-6-5-7-9-14)18(2,3)15-10-12-16(19)13-11-15/h10-14,17,20H,4-9H2,1-3H3. The van der Waals surface area contributed by atoms with E-state index >= 15 is 0 Å². The predicted molar refractivity (Wildman–Crippen MR) is 83.5 cm³/mol. The lowest BCUT2D eigenvalue weighted by atomic mass is 9.69. The Labute approximate surface area is 123 Å². The van der Waals surface area contributed by atoms with Crippen LogP contribution in [0.15, 0.2) is 24.3 Å². The minimum atomic E-state index is -0.151. The first kappa shape index (κ1) is 15.5. The van der Waals surface area contributed by atoms with Crippen LogP contribution in [0.4, 0.5) is 4.39 Å². The zero-order valence-electron chi connectivity index (χ0n) is 13.1. The second-order valence-corrected chi connectivity index (χ2v) is 6.66. The van der Waals surface area contributed by atoms with E-state index in [1.807, 2.05) is 12.1 Å². The molecule has 2 heteroatoms. The molecule has 112 valence electrons. The molecule has 0 heterocycles. The van der Waals surface area contributed by atoms with Gasteiger partial charge in [0.1, 0.15) is 5.82 Å². The molecule has 0 amide bonds. The molecule has 1 aromatic rings. The minimum absolute atomic E-state index is 0.0334. The third-order valence-electron chi connectivity index (χ3n) is 4.91. The summed E-state index contributed by atoms with van der Waals surface area (Å²) in [5.41, 5.74) is 1.27. The monoisotopic (exact) mass is 277 g/mol. The van der Waals surface area contributed by atoms with Crippen LogP contribution < -0.4 is 5.32 Å². The molecule has 1 N–H and O–H groups in total. The smallest absolute Gasteiger partial charge is 0.123 e. The van der Waals surface area contributed by atoms with Crippen LogP contribution in [0.2, 0.25) is 0 Å². The highest BCUT2D eigenvalue weighted by molar-refractivity contribution is 5.27. The molecule has 1 nitrogen and oxygen atoms in total. The maximum absolute atomic E-state index is 13.2. The van der Waals surface area contributed by atoms with Crippen LogP contribution in [0.5, 0.6) is 0 Å². The molecule has 1 fully saturated rings. The summed E-state index contributed by atoms with van der Waals surface area (Å²) in [6, 6.07) is 7.53. The van der Waals surface area contributed by atoms with Gasteiger partial charge < -0.3 is 5.32 Å². The summed E-state index contributed by atoms with van der Waals surface area (Å²) < 4.78 is 13.2. The van der Waals surface area contributed by atoms with E-state index < -0.39 is 0 Å². The van der Waals surface area contributed by atoms with Gasteiger partial charge in [-0.25, -0.2) is 4.39 Å². The Bertz CT molecular complexity index is 404. The summed E-state index contributed by atoms with van der Waals surface area (Å²) in [7, 11) is 0. The van der Waals surface area contributed by atoms with Gasteiger partial charge in [0, 0.05) is 11.5 Å². The minimum Gasteiger partial charge on any atom is -0.313 e. The molecule has 1 aromatic carbocycles. The molecule has 0 saturated heterocycles. The largest absolute Gasteiger partial charge is 0.313 e. The van der Waals surface area contributed by atoms with E-state index in [0.29, 0.717) is 6.04 Å². The predicted octanol–water partition coefficient (Wildman–Crippen LogP) is 4.66. The van der Waals surface area contributed by atoms with Crippen LogP contribution in [0.1, 0.15) is 58.4 Å². The van der Waals surface area contributed by atoms with Gasteiger partial charge in [-0.05, 0) is 43.0 Å². The highest BCUT2D eigenvalue weighted by Gasteiger charge is 2.36. The second-order valence-electron chi connectivity index (χ2n) is 6.66. The SMILES string of the molecule is CCNC(C1CCCCC1)C(C)(C)c1ccc(F)cc1. The Hall–Kier alpha value is -0.890. The lowest BCUT2D eigenvalue weighted by Crippen LogP contribution is -2.50. The third-order valence-corrected chi connectivity index (χ3v) is 4.91.